The largest absolute Gasteiger partial charge is 0.469 e. The average Bonchev–Trinajstić information content (AvgIpc) is 3.18. The van der Waals surface area contributed by atoms with E-state index in [0.29, 0.717) is 17.4 Å². The molecule has 1 amide bonds. The molecule has 0 aliphatic heterocycles. The summed E-state index contributed by atoms with van der Waals surface area (Å²) < 4.78 is 37.1. The summed E-state index contributed by atoms with van der Waals surface area (Å²) in [5.41, 5.74) is 0.573. The first-order chi connectivity index (χ1) is 11.9. The van der Waals surface area contributed by atoms with Crippen molar-refractivity contribution >= 4 is 23.4 Å². The molecule has 1 atom stereocenters. The van der Waals surface area contributed by atoms with Gasteiger partial charge in [-0.15, -0.1) is 10.2 Å². The van der Waals surface area contributed by atoms with Crippen molar-refractivity contribution in [1.82, 2.24) is 10.2 Å². The van der Waals surface area contributed by atoms with Gasteiger partial charge < -0.3 is 14.2 Å². The van der Waals surface area contributed by atoms with Gasteiger partial charge in [0.2, 0.25) is 5.91 Å². The highest BCUT2D eigenvalue weighted by Crippen LogP contribution is 2.28. The SMILES string of the molecule is Cc1occc1-c1nnc(SC(C)C(=O)Nc2ccc(F)cc2F)o1. The predicted octanol–water partition coefficient (Wildman–Crippen LogP) is 4.04. The van der Waals surface area contributed by atoms with E-state index in [4.69, 9.17) is 8.83 Å². The van der Waals surface area contributed by atoms with Gasteiger partial charge in [-0.2, -0.15) is 0 Å². The minimum atomic E-state index is -0.846. The van der Waals surface area contributed by atoms with E-state index in [2.05, 4.69) is 15.5 Å². The maximum Gasteiger partial charge on any atom is 0.277 e. The maximum atomic E-state index is 13.6. The monoisotopic (exact) mass is 365 g/mol. The minimum absolute atomic E-state index is 0.0981. The summed E-state index contributed by atoms with van der Waals surface area (Å²) >= 11 is 1.02. The Morgan fingerprint density at radius 3 is 2.76 bits per heavy atom. The van der Waals surface area contributed by atoms with E-state index in [1.54, 1.807) is 19.9 Å². The molecule has 1 unspecified atom stereocenters. The highest BCUT2D eigenvalue weighted by Gasteiger charge is 2.20. The number of nitrogens with one attached hydrogen (secondary N) is 1. The highest BCUT2D eigenvalue weighted by molar-refractivity contribution is 8.00. The van der Waals surface area contributed by atoms with E-state index < -0.39 is 22.8 Å². The van der Waals surface area contributed by atoms with Crippen LogP contribution >= 0.6 is 11.8 Å². The summed E-state index contributed by atoms with van der Waals surface area (Å²) in [6.07, 6.45) is 1.51. The molecule has 25 heavy (non-hydrogen) atoms. The standard InChI is InChI=1S/C16H13F2N3O3S/c1-8-11(5-6-23-8)15-20-21-16(24-15)25-9(2)14(22)19-13-4-3-10(17)7-12(13)18/h3-7,9H,1-2H3,(H,19,22). The number of benzene rings is 1. The highest BCUT2D eigenvalue weighted by atomic mass is 32.2. The molecule has 3 aromatic rings. The van der Waals surface area contributed by atoms with Crippen molar-refractivity contribution in [2.24, 2.45) is 0 Å². The summed E-state index contributed by atoms with van der Waals surface area (Å²) in [6, 6.07) is 4.62. The van der Waals surface area contributed by atoms with Crippen molar-refractivity contribution in [2.75, 3.05) is 5.32 Å². The van der Waals surface area contributed by atoms with Crippen LogP contribution in [0.4, 0.5) is 14.5 Å². The van der Waals surface area contributed by atoms with Crippen LogP contribution in [0.15, 0.2) is 44.6 Å². The molecule has 0 spiro atoms. The van der Waals surface area contributed by atoms with Gasteiger partial charge in [-0.1, -0.05) is 11.8 Å². The Balaban J connectivity index is 1.66. The van der Waals surface area contributed by atoms with E-state index in [9.17, 15) is 13.6 Å². The first-order valence-electron chi connectivity index (χ1n) is 7.24. The number of hydrogen-bond donors (Lipinski definition) is 1. The molecule has 0 aliphatic carbocycles. The van der Waals surface area contributed by atoms with Crippen LogP contribution in [0.5, 0.6) is 0 Å². The molecule has 2 aromatic heterocycles. The average molecular weight is 365 g/mol. The molecule has 2 heterocycles. The predicted molar refractivity (Wildman–Crippen MR) is 87.0 cm³/mol. The van der Waals surface area contributed by atoms with Crippen molar-refractivity contribution in [1.29, 1.82) is 0 Å². The normalized spacial score (nSPS) is 12.2. The van der Waals surface area contributed by atoms with Crippen LogP contribution in [0.25, 0.3) is 11.5 Å². The smallest absolute Gasteiger partial charge is 0.277 e. The van der Waals surface area contributed by atoms with Gasteiger partial charge in [0.25, 0.3) is 11.1 Å². The van der Waals surface area contributed by atoms with E-state index in [0.717, 1.165) is 23.9 Å². The molecule has 0 aliphatic rings. The Labute approximate surface area is 145 Å². The van der Waals surface area contributed by atoms with Crippen LogP contribution in [0.1, 0.15) is 12.7 Å². The number of amides is 1. The lowest BCUT2D eigenvalue weighted by Gasteiger charge is -2.10. The number of furan rings is 1. The van der Waals surface area contributed by atoms with E-state index in [-0.39, 0.29) is 16.8 Å². The van der Waals surface area contributed by atoms with Crippen molar-refractivity contribution in [3.05, 3.63) is 47.9 Å². The van der Waals surface area contributed by atoms with Crippen molar-refractivity contribution < 1.29 is 22.4 Å². The van der Waals surface area contributed by atoms with Gasteiger partial charge in [0.05, 0.1) is 22.8 Å². The van der Waals surface area contributed by atoms with Crippen molar-refractivity contribution in [3.8, 4) is 11.5 Å². The number of nitrogens with zero attached hydrogens (tertiary/aromatic N) is 2. The fourth-order valence-corrected chi connectivity index (χ4v) is 2.69. The van der Waals surface area contributed by atoms with Gasteiger partial charge in [-0.25, -0.2) is 8.78 Å². The third-order valence-electron chi connectivity index (χ3n) is 3.33. The number of aryl methyl sites for hydroxylation is 1. The molecule has 9 heteroatoms. The van der Waals surface area contributed by atoms with E-state index in [1.807, 2.05) is 0 Å². The van der Waals surface area contributed by atoms with Gasteiger partial charge in [0, 0.05) is 6.07 Å². The van der Waals surface area contributed by atoms with Crippen LogP contribution in [0, 0.1) is 18.6 Å². The maximum absolute atomic E-state index is 13.6. The number of halogens is 2. The molecular formula is C16H13F2N3O3S. The molecule has 6 nitrogen and oxygen atoms in total. The van der Waals surface area contributed by atoms with Gasteiger partial charge in [0.1, 0.15) is 17.4 Å². The number of aromatic nitrogens is 2. The van der Waals surface area contributed by atoms with Crippen LogP contribution in [0.3, 0.4) is 0 Å². The summed E-state index contributed by atoms with van der Waals surface area (Å²) in [6.45, 7) is 3.37. The molecule has 0 radical (unpaired) electrons. The van der Waals surface area contributed by atoms with Crippen LogP contribution in [-0.2, 0) is 4.79 Å². The van der Waals surface area contributed by atoms with Crippen LogP contribution in [-0.4, -0.2) is 21.4 Å². The number of carbonyl (C=O) groups excluding carboxylic acids is 1. The summed E-state index contributed by atoms with van der Waals surface area (Å²) in [5.74, 6) is -1.12. The zero-order valence-electron chi connectivity index (χ0n) is 13.2. The second-order valence-electron chi connectivity index (χ2n) is 5.14. The zero-order valence-corrected chi connectivity index (χ0v) is 14.1. The first kappa shape index (κ1) is 17.2. The molecule has 0 bridgehead atoms. The molecule has 3 rings (SSSR count). The lowest BCUT2D eigenvalue weighted by atomic mass is 10.3. The van der Waals surface area contributed by atoms with Gasteiger partial charge >= 0.3 is 0 Å². The molecule has 0 fully saturated rings. The van der Waals surface area contributed by atoms with E-state index >= 15 is 0 Å². The topological polar surface area (TPSA) is 81.2 Å². The van der Waals surface area contributed by atoms with Gasteiger partial charge in [-0.3, -0.25) is 4.79 Å². The molecule has 1 aromatic carbocycles. The van der Waals surface area contributed by atoms with Gasteiger partial charge in [0.15, 0.2) is 0 Å². The Kier molecular flexibility index (Phi) is 4.84. The number of rotatable bonds is 5. The quantitative estimate of drug-likeness (QED) is 0.688. The first-order valence-corrected chi connectivity index (χ1v) is 8.12. The fourth-order valence-electron chi connectivity index (χ4n) is 2.00. The van der Waals surface area contributed by atoms with Crippen molar-refractivity contribution in [3.63, 3.8) is 0 Å². The zero-order chi connectivity index (χ0) is 18.0. The lowest BCUT2D eigenvalue weighted by molar-refractivity contribution is -0.115. The van der Waals surface area contributed by atoms with Crippen LogP contribution < -0.4 is 5.32 Å². The Bertz CT molecular complexity index is 910. The summed E-state index contributed by atoms with van der Waals surface area (Å²) in [5, 5.41) is 9.73. The molecule has 0 saturated heterocycles. The number of thioether (sulfide) groups is 1. The second-order valence-corrected chi connectivity index (χ2v) is 6.43. The van der Waals surface area contributed by atoms with E-state index in [1.165, 1.54) is 6.26 Å². The third-order valence-corrected chi connectivity index (χ3v) is 4.27. The second kappa shape index (κ2) is 7.06. The third kappa shape index (κ3) is 3.87. The Morgan fingerprint density at radius 2 is 2.08 bits per heavy atom. The number of carbonyl (C=O) groups is 1. The van der Waals surface area contributed by atoms with Crippen LogP contribution in [0.2, 0.25) is 0 Å². The minimum Gasteiger partial charge on any atom is -0.469 e. The molecular weight excluding hydrogens is 352 g/mol. The number of anilines is 1. The lowest BCUT2D eigenvalue weighted by Crippen LogP contribution is -2.23. The summed E-state index contributed by atoms with van der Waals surface area (Å²) in [4.78, 5) is 12.1. The Morgan fingerprint density at radius 1 is 1.28 bits per heavy atom. The Hall–Kier alpha value is -2.68. The number of hydrogen-bond acceptors (Lipinski definition) is 6. The molecule has 130 valence electrons. The molecule has 1 N–H and O–H groups in total. The van der Waals surface area contributed by atoms with Gasteiger partial charge in [-0.05, 0) is 32.0 Å². The summed E-state index contributed by atoms with van der Waals surface area (Å²) in [7, 11) is 0. The molecule has 0 saturated carbocycles. The fraction of sp³-hybridized carbons (Fsp3) is 0.188. The van der Waals surface area contributed by atoms with Crippen molar-refractivity contribution in [2.45, 2.75) is 24.3 Å².